The zero-order valence-electron chi connectivity index (χ0n) is 14.2. The van der Waals surface area contributed by atoms with E-state index in [2.05, 4.69) is 15.2 Å². The number of alkyl halides is 1. The molecule has 134 valence electrons. The van der Waals surface area contributed by atoms with Crippen LogP contribution in [0.25, 0.3) is 0 Å². The number of aromatic nitrogens is 1. The van der Waals surface area contributed by atoms with Crippen molar-refractivity contribution >= 4 is 20.6 Å². The van der Waals surface area contributed by atoms with Crippen LogP contribution in [0.5, 0.6) is 11.5 Å². The first-order chi connectivity index (χ1) is 12.2. The normalized spacial score (nSPS) is 16.3. The van der Waals surface area contributed by atoms with Crippen LogP contribution >= 0.6 is 9.24 Å². The highest BCUT2D eigenvalue weighted by atomic mass is 31.0. The molecule has 0 radical (unpaired) electrons. The van der Waals surface area contributed by atoms with Crippen LogP contribution < -0.4 is 19.7 Å². The van der Waals surface area contributed by atoms with E-state index < -0.39 is 6.10 Å². The van der Waals surface area contributed by atoms with Crippen LogP contribution in [0.2, 0.25) is 0 Å². The molecular formula is C18H23FN3O2P. The van der Waals surface area contributed by atoms with Crippen LogP contribution in [0.15, 0.2) is 42.7 Å². The van der Waals surface area contributed by atoms with Gasteiger partial charge in [-0.15, -0.1) is 0 Å². The Morgan fingerprint density at radius 1 is 1.24 bits per heavy atom. The number of ether oxygens (including phenoxy) is 2. The number of rotatable bonds is 6. The summed E-state index contributed by atoms with van der Waals surface area (Å²) in [6.07, 6.45) is 4.18. The van der Waals surface area contributed by atoms with Gasteiger partial charge < -0.3 is 19.7 Å². The molecule has 1 aromatic heterocycles. The van der Waals surface area contributed by atoms with Gasteiger partial charge in [0.15, 0.2) is 0 Å². The van der Waals surface area contributed by atoms with Crippen molar-refractivity contribution in [2.24, 2.45) is 0 Å². The number of halogens is 1. The van der Waals surface area contributed by atoms with Crippen molar-refractivity contribution in [2.75, 3.05) is 25.1 Å². The Labute approximate surface area is 149 Å². The number of benzene rings is 1. The maximum atomic E-state index is 13.0. The van der Waals surface area contributed by atoms with E-state index in [9.17, 15) is 4.39 Å². The lowest BCUT2D eigenvalue weighted by molar-refractivity contribution is 0.153. The van der Waals surface area contributed by atoms with Gasteiger partial charge in [0, 0.05) is 24.0 Å². The molecule has 5 nitrogen and oxygen atoms in total. The Kier molecular flexibility index (Phi) is 6.05. The SMILES string of the molecule is COc1ccncc1N(c1ccc(OC(F)P)cc1)C1CCNCC1. The van der Waals surface area contributed by atoms with E-state index in [4.69, 9.17) is 9.47 Å². The highest BCUT2D eigenvalue weighted by molar-refractivity contribution is 7.16. The van der Waals surface area contributed by atoms with Crippen molar-refractivity contribution in [3.63, 3.8) is 0 Å². The summed E-state index contributed by atoms with van der Waals surface area (Å²) in [6, 6.07) is 9.64. The maximum Gasteiger partial charge on any atom is 0.249 e. The first-order valence-corrected chi connectivity index (χ1v) is 9.00. The Balaban J connectivity index is 1.96. The summed E-state index contributed by atoms with van der Waals surface area (Å²) in [6.45, 7) is 1.95. The number of hydrogen-bond donors (Lipinski definition) is 1. The zero-order chi connectivity index (χ0) is 17.6. The standard InChI is InChI=1S/C18H23FN3O2P/c1-23-17-8-11-21-12-16(17)22(14-6-9-20-10-7-14)13-2-4-15(5-3-13)24-18(19)25/h2-5,8,11-12,14,18,20H,6-7,9-10,25H2,1H3. The van der Waals surface area contributed by atoms with E-state index in [1.54, 1.807) is 25.4 Å². The molecule has 1 fully saturated rings. The van der Waals surface area contributed by atoms with Crippen LogP contribution in [-0.2, 0) is 0 Å². The van der Waals surface area contributed by atoms with Crippen molar-refractivity contribution in [1.82, 2.24) is 10.3 Å². The fourth-order valence-electron chi connectivity index (χ4n) is 3.15. The highest BCUT2D eigenvalue weighted by Crippen LogP contribution is 2.37. The van der Waals surface area contributed by atoms with E-state index in [1.165, 1.54) is 0 Å². The van der Waals surface area contributed by atoms with Gasteiger partial charge in [0.25, 0.3) is 0 Å². The number of hydrogen-bond acceptors (Lipinski definition) is 5. The molecule has 2 unspecified atom stereocenters. The quantitative estimate of drug-likeness (QED) is 0.796. The van der Waals surface area contributed by atoms with Crippen LogP contribution in [0.3, 0.4) is 0 Å². The molecular weight excluding hydrogens is 340 g/mol. The van der Waals surface area contributed by atoms with E-state index in [1.807, 2.05) is 33.6 Å². The summed E-state index contributed by atoms with van der Waals surface area (Å²) in [7, 11) is 3.65. The highest BCUT2D eigenvalue weighted by Gasteiger charge is 2.25. The van der Waals surface area contributed by atoms with Crippen molar-refractivity contribution < 1.29 is 13.9 Å². The largest absolute Gasteiger partial charge is 0.494 e. The second-order valence-electron chi connectivity index (χ2n) is 5.86. The smallest absolute Gasteiger partial charge is 0.249 e. The molecule has 1 aliphatic heterocycles. The van der Waals surface area contributed by atoms with Gasteiger partial charge in [-0.1, -0.05) is 9.24 Å². The summed E-state index contributed by atoms with van der Waals surface area (Å²) in [5.41, 5.74) is 1.93. The number of anilines is 2. The topological polar surface area (TPSA) is 46.6 Å². The zero-order valence-corrected chi connectivity index (χ0v) is 15.3. The number of piperidine rings is 1. The molecule has 0 bridgehead atoms. The van der Waals surface area contributed by atoms with Gasteiger partial charge in [-0.3, -0.25) is 4.98 Å². The molecule has 3 rings (SSSR count). The van der Waals surface area contributed by atoms with Gasteiger partial charge in [0.2, 0.25) is 6.10 Å². The van der Waals surface area contributed by atoms with E-state index >= 15 is 0 Å². The van der Waals surface area contributed by atoms with Gasteiger partial charge in [-0.2, -0.15) is 4.39 Å². The average Bonchev–Trinajstić information content (AvgIpc) is 2.64. The molecule has 25 heavy (non-hydrogen) atoms. The molecule has 2 atom stereocenters. The molecule has 0 amide bonds. The second-order valence-corrected chi connectivity index (χ2v) is 6.39. The van der Waals surface area contributed by atoms with Gasteiger partial charge >= 0.3 is 0 Å². The Bertz CT molecular complexity index is 678. The van der Waals surface area contributed by atoms with Crippen LogP contribution in [-0.4, -0.2) is 37.3 Å². The fourth-order valence-corrected chi connectivity index (χ4v) is 3.31. The summed E-state index contributed by atoms with van der Waals surface area (Å²) in [5.74, 6) is 1.28. The van der Waals surface area contributed by atoms with Gasteiger partial charge in [0.05, 0.1) is 13.3 Å². The Morgan fingerprint density at radius 3 is 2.60 bits per heavy atom. The van der Waals surface area contributed by atoms with Crippen molar-refractivity contribution in [3.05, 3.63) is 42.7 Å². The molecule has 2 heterocycles. The van der Waals surface area contributed by atoms with Gasteiger partial charge in [-0.05, 0) is 50.2 Å². The first-order valence-electron chi connectivity index (χ1n) is 8.33. The molecule has 1 aromatic carbocycles. The predicted octanol–water partition coefficient (Wildman–Crippen LogP) is 3.49. The van der Waals surface area contributed by atoms with Crippen molar-refractivity contribution in [2.45, 2.75) is 25.0 Å². The third kappa shape index (κ3) is 4.39. The average molecular weight is 363 g/mol. The molecule has 0 saturated carbocycles. The minimum absolute atomic E-state index is 0.335. The minimum atomic E-state index is -1.41. The van der Waals surface area contributed by atoms with E-state index in [0.29, 0.717) is 11.8 Å². The van der Waals surface area contributed by atoms with Crippen LogP contribution in [0, 0.1) is 0 Å². The monoisotopic (exact) mass is 363 g/mol. The summed E-state index contributed by atoms with van der Waals surface area (Å²) < 4.78 is 23.6. The third-order valence-electron chi connectivity index (χ3n) is 4.28. The predicted molar refractivity (Wildman–Crippen MR) is 100 cm³/mol. The first kappa shape index (κ1) is 17.9. The van der Waals surface area contributed by atoms with E-state index in [0.717, 1.165) is 43.1 Å². The third-order valence-corrected chi connectivity index (χ3v) is 4.41. The maximum absolute atomic E-state index is 13.0. The van der Waals surface area contributed by atoms with E-state index in [-0.39, 0.29) is 0 Å². The van der Waals surface area contributed by atoms with Crippen molar-refractivity contribution in [3.8, 4) is 11.5 Å². The summed E-state index contributed by atoms with van der Waals surface area (Å²) in [4.78, 5) is 6.53. The fraction of sp³-hybridized carbons (Fsp3) is 0.389. The Hall–Kier alpha value is -1.91. The van der Waals surface area contributed by atoms with Crippen molar-refractivity contribution in [1.29, 1.82) is 0 Å². The molecule has 2 aromatic rings. The number of pyridine rings is 1. The van der Waals surface area contributed by atoms with Gasteiger partial charge in [-0.25, -0.2) is 0 Å². The van der Waals surface area contributed by atoms with Crippen LogP contribution in [0.1, 0.15) is 12.8 Å². The molecule has 1 aliphatic rings. The number of methoxy groups -OCH3 is 1. The molecule has 1 N–H and O–H groups in total. The minimum Gasteiger partial charge on any atom is -0.494 e. The summed E-state index contributed by atoms with van der Waals surface area (Å²) in [5, 5.41) is 3.39. The molecule has 0 spiro atoms. The lowest BCUT2D eigenvalue weighted by Crippen LogP contribution is -2.41. The Morgan fingerprint density at radius 2 is 1.96 bits per heavy atom. The molecule has 1 saturated heterocycles. The molecule has 7 heteroatoms. The molecule has 0 aliphatic carbocycles. The summed E-state index contributed by atoms with van der Waals surface area (Å²) >= 11 is 0. The lowest BCUT2D eigenvalue weighted by Gasteiger charge is -2.37. The van der Waals surface area contributed by atoms with Gasteiger partial charge in [0.1, 0.15) is 17.2 Å². The van der Waals surface area contributed by atoms with Crippen LogP contribution in [0.4, 0.5) is 15.8 Å². The number of nitrogens with one attached hydrogen (secondary N) is 1. The lowest BCUT2D eigenvalue weighted by atomic mass is 10.0. The number of nitrogens with zero attached hydrogens (tertiary/aromatic N) is 2. The second kappa shape index (κ2) is 8.45.